The Hall–Kier alpha value is -3.00. The van der Waals surface area contributed by atoms with E-state index in [1.807, 2.05) is 0 Å². The minimum absolute atomic E-state index is 0.0455. The van der Waals surface area contributed by atoms with Crippen LogP contribution in [0.5, 0.6) is 0 Å². The summed E-state index contributed by atoms with van der Waals surface area (Å²) in [5, 5.41) is 6.00. The molecule has 1 aromatic heterocycles. The van der Waals surface area contributed by atoms with E-state index in [4.69, 9.17) is 5.73 Å². The zero-order chi connectivity index (χ0) is 18.5. The maximum absolute atomic E-state index is 13.7. The topological polar surface area (TPSA) is 100 Å². The van der Waals surface area contributed by atoms with Crippen molar-refractivity contribution in [2.75, 3.05) is 23.3 Å². The highest BCUT2D eigenvalue weighted by atomic mass is 19.1. The van der Waals surface area contributed by atoms with Crippen LogP contribution in [0.4, 0.5) is 20.6 Å². The van der Waals surface area contributed by atoms with E-state index in [1.165, 1.54) is 24.4 Å². The van der Waals surface area contributed by atoms with Crippen molar-refractivity contribution in [3.63, 3.8) is 0 Å². The van der Waals surface area contributed by atoms with Crippen LogP contribution in [0.15, 0.2) is 42.6 Å². The molecule has 1 aliphatic heterocycles. The molecule has 0 atom stereocenters. The third-order valence-corrected chi connectivity index (χ3v) is 4.25. The number of urea groups is 1. The molecule has 1 fully saturated rings. The van der Waals surface area contributed by atoms with Crippen LogP contribution in [-0.2, 0) is 0 Å². The lowest BCUT2D eigenvalue weighted by atomic mass is 10.0. The molecule has 7 nitrogen and oxygen atoms in total. The molecule has 3 amide bonds. The number of amides is 3. The minimum Gasteiger partial charge on any atom is -0.364 e. The van der Waals surface area contributed by atoms with E-state index in [2.05, 4.69) is 15.6 Å². The maximum Gasteiger partial charge on any atom is 0.326 e. The summed E-state index contributed by atoms with van der Waals surface area (Å²) in [7, 11) is 0. The van der Waals surface area contributed by atoms with Crippen molar-refractivity contribution in [2.45, 2.75) is 18.9 Å². The molecule has 0 aliphatic carbocycles. The van der Waals surface area contributed by atoms with Gasteiger partial charge in [0.05, 0.1) is 11.9 Å². The number of pyridine rings is 1. The molecule has 1 aromatic carbocycles. The average molecular weight is 357 g/mol. The molecule has 0 bridgehead atoms. The van der Waals surface area contributed by atoms with Crippen LogP contribution in [0.3, 0.4) is 0 Å². The molecule has 26 heavy (non-hydrogen) atoms. The summed E-state index contributed by atoms with van der Waals surface area (Å²) in [5.74, 6) is -1.04. The van der Waals surface area contributed by atoms with Gasteiger partial charge in [-0.1, -0.05) is 6.07 Å². The average Bonchev–Trinajstić information content (AvgIpc) is 2.63. The van der Waals surface area contributed by atoms with Gasteiger partial charge >= 0.3 is 6.03 Å². The van der Waals surface area contributed by atoms with Crippen LogP contribution in [0.25, 0.3) is 0 Å². The maximum atomic E-state index is 13.7. The predicted molar refractivity (Wildman–Crippen MR) is 96.5 cm³/mol. The molecule has 0 radical (unpaired) electrons. The highest BCUT2D eigenvalue weighted by Gasteiger charge is 2.27. The Labute approximate surface area is 150 Å². The molecule has 2 aromatic rings. The van der Waals surface area contributed by atoms with Gasteiger partial charge in [-0.25, -0.2) is 14.2 Å². The largest absolute Gasteiger partial charge is 0.364 e. The summed E-state index contributed by atoms with van der Waals surface area (Å²) in [6.45, 7) is 1.58. The molecule has 0 unspecified atom stereocenters. The number of piperidine rings is 1. The van der Waals surface area contributed by atoms with Crippen molar-refractivity contribution in [3.8, 4) is 0 Å². The van der Waals surface area contributed by atoms with E-state index in [0.29, 0.717) is 11.4 Å². The third-order valence-electron chi connectivity index (χ3n) is 4.25. The number of nitrogens with one attached hydrogen (secondary N) is 2. The number of anilines is 2. The van der Waals surface area contributed by atoms with Gasteiger partial charge in [-0.3, -0.25) is 9.69 Å². The van der Waals surface area contributed by atoms with E-state index in [1.54, 1.807) is 23.1 Å². The van der Waals surface area contributed by atoms with E-state index in [0.717, 1.165) is 25.9 Å². The molecule has 1 aliphatic rings. The molecule has 1 saturated heterocycles. The molecule has 3 rings (SSSR count). The van der Waals surface area contributed by atoms with Crippen molar-refractivity contribution >= 4 is 23.3 Å². The lowest BCUT2D eigenvalue weighted by Gasteiger charge is -2.34. The van der Waals surface area contributed by atoms with Gasteiger partial charge in [0.25, 0.3) is 5.91 Å². The van der Waals surface area contributed by atoms with E-state index in [-0.39, 0.29) is 17.8 Å². The molecular weight excluding hydrogens is 337 g/mol. The predicted octanol–water partition coefficient (Wildman–Crippen LogP) is 2.11. The Morgan fingerprint density at radius 1 is 1.23 bits per heavy atom. The van der Waals surface area contributed by atoms with Gasteiger partial charge in [-0.05, 0) is 56.3 Å². The lowest BCUT2D eigenvalue weighted by molar-refractivity contribution is 0.0995. The quantitative estimate of drug-likeness (QED) is 0.780. The summed E-state index contributed by atoms with van der Waals surface area (Å²) in [4.78, 5) is 29.5. The first-order chi connectivity index (χ1) is 12.5. The molecule has 136 valence electrons. The van der Waals surface area contributed by atoms with Crippen LogP contribution in [0, 0.1) is 5.82 Å². The summed E-state index contributed by atoms with van der Waals surface area (Å²) < 4.78 is 13.7. The van der Waals surface area contributed by atoms with Crippen LogP contribution < -0.4 is 21.3 Å². The second-order valence-corrected chi connectivity index (χ2v) is 6.06. The molecular formula is C18H20FN5O2. The number of rotatable bonds is 4. The molecule has 4 N–H and O–H groups in total. The van der Waals surface area contributed by atoms with Gasteiger partial charge in [0.15, 0.2) is 0 Å². The second kappa shape index (κ2) is 7.92. The van der Waals surface area contributed by atoms with Crippen LogP contribution in [0.2, 0.25) is 0 Å². The van der Waals surface area contributed by atoms with E-state index < -0.39 is 11.7 Å². The number of benzene rings is 1. The number of hydrogen-bond donors (Lipinski definition) is 3. The fraction of sp³-hybridized carbons (Fsp3) is 0.278. The summed E-state index contributed by atoms with van der Waals surface area (Å²) in [6, 6.07) is 8.54. The van der Waals surface area contributed by atoms with Gasteiger partial charge in [0, 0.05) is 11.7 Å². The van der Waals surface area contributed by atoms with Crippen LogP contribution in [-0.4, -0.2) is 36.1 Å². The minimum atomic E-state index is -0.640. The Balaban J connectivity index is 1.83. The van der Waals surface area contributed by atoms with Crippen molar-refractivity contribution in [2.24, 2.45) is 5.73 Å². The number of halogens is 1. The van der Waals surface area contributed by atoms with Crippen molar-refractivity contribution in [1.29, 1.82) is 0 Å². The fourth-order valence-electron chi connectivity index (χ4n) is 2.98. The van der Waals surface area contributed by atoms with Gasteiger partial charge in [-0.15, -0.1) is 0 Å². The molecule has 0 saturated carbocycles. The Bertz CT molecular complexity index is 790. The number of nitrogens with two attached hydrogens (primary N) is 1. The van der Waals surface area contributed by atoms with Gasteiger partial charge < -0.3 is 16.4 Å². The normalized spacial score (nSPS) is 14.7. The van der Waals surface area contributed by atoms with Crippen LogP contribution >= 0.6 is 0 Å². The van der Waals surface area contributed by atoms with Gasteiger partial charge in [-0.2, -0.15) is 0 Å². The first-order valence-corrected chi connectivity index (χ1v) is 8.37. The molecule has 0 spiro atoms. The smallest absolute Gasteiger partial charge is 0.326 e. The highest BCUT2D eigenvalue weighted by Crippen LogP contribution is 2.24. The number of carbonyl (C=O) groups is 2. The second-order valence-electron chi connectivity index (χ2n) is 6.06. The number of aromatic nitrogens is 1. The van der Waals surface area contributed by atoms with E-state index >= 15 is 0 Å². The van der Waals surface area contributed by atoms with Crippen LogP contribution in [0.1, 0.15) is 23.3 Å². The SMILES string of the molecule is NC(=O)c1ccc(NC(=O)N(c2cccc(F)c2)C2CCNCC2)cn1. The summed E-state index contributed by atoms with van der Waals surface area (Å²) >= 11 is 0. The fourth-order valence-corrected chi connectivity index (χ4v) is 2.98. The number of carbonyl (C=O) groups excluding carboxylic acids is 2. The zero-order valence-corrected chi connectivity index (χ0v) is 14.1. The first-order valence-electron chi connectivity index (χ1n) is 8.37. The highest BCUT2D eigenvalue weighted by molar-refractivity contribution is 6.02. The molecule has 2 heterocycles. The standard InChI is InChI=1S/C18H20FN5O2/c19-12-2-1-3-15(10-12)24(14-6-8-21-9-7-14)18(26)23-13-4-5-16(17(20)25)22-11-13/h1-5,10-11,14,21H,6-9H2,(H2,20,25)(H,23,26). The summed E-state index contributed by atoms with van der Waals surface area (Å²) in [5.41, 5.74) is 6.20. The third kappa shape index (κ3) is 4.15. The monoisotopic (exact) mass is 357 g/mol. The zero-order valence-electron chi connectivity index (χ0n) is 14.1. The summed E-state index contributed by atoms with van der Waals surface area (Å²) in [6.07, 6.45) is 2.90. The van der Waals surface area contributed by atoms with Gasteiger partial charge in [0.2, 0.25) is 0 Å². The van der Waals surface area contributed by atoms with Crippen molar-refractivity contribution in [1.82, 2.24) is 10.3 Å². The Morgan fingerprint density at radius 3 is 2.62 bits per heavy atom. The lowest BCUT2D eigenvalue weighted by Crippen LogP contribution is -2.48. The Kier molecular flexibility index (Phi) is 5.43. The van der Waals surface area contributed by atoms with E-state index in [9.17, 15) is 14.0 Å². The van der Waals surface area contributed by atoms with Crippen molar-refractivity contribution < 1.29 is 14.0 Å². The number of hydrogen-bond acceptors (Lipinski definition) is 4. The number of nitrogens with zero attached hydrogens (tertiary/aromatic N) is 2. The van der Waals surface area contributed by atoms with Crippen molar-refractivity contribution in [3.05, 3.63) is 54.1 Å². The number of primary amides is 1. The first kappa shape index (κ1) is 17.8. The van der Waals surface area contributed by atoms with Gasteiger partial charge in [0.1, 0.15) is 11.5 Å². The molecule has 8 heteroatoms. The Morgan fingerprint density at radius 2 is 2.00 bits per heavy atom.